The van der Waals surface area contributed by atoms with Crippen molar-refractivity contribution < 1.29 is 25.0 Å². The van der Waals surface area contributed by atoms with Crippen LogP contribution < -0.4 is 0 Å². The first-order valence-electron chi connectivity index (χ1n) is 3.92. The van der Waals surface area contributed by atoms with Crippen molar-refractivity contribution in [3.05, 3.63) is 0 Å². The predicted molar refractivity (Wildman–Crippen MR) is 45.7 cm³/mol. The second-order valence-corrected chi connectivity index (χ2v) is 1.81. The van der Waals surface area contributed by atoms with Gasteiger partial charge in [0, 0.05) is 0 Å². The van der Waals surface area contributed by atoms with Gasteiger partial charge in [-0.2, -0.15) is 0 Å². The van der Waals surface area contributed by atoms with Crippen molar-refractivity contribution in [2.24, 2.45) is 0 Å². The van der Waals surface area contributed by atoms with Crippen LogP contribution >= 0.6 is 0 Å². The van der Waals surface area contributed by atoms with E-state index in [-0.39, 0.29) is 0 Å². The van der Waals surface area contributed by atoms with Crippen molar-refractivity contribution in [3.63, 3.8) is 0 Å². The Morgan fingerprint density at radius 1 is 1.23 bits per heavy atom. The van der Waals surface area contributed by atoms with Gasteiger partial charge in [-0.3, -0.25) is 0 Å². The van der Waals surface area contributed by atoms with Gasteiger partial charge in [0.2, 0.25) is 0 Å². The molecule has 0 amide bonds. The van der Waals surface area contributed by atoms with Crippen molar-refractivity contribution in [1.29, 1.82) is 0 Å². The van der Waals surface area contributed by atoms with Crippen LogP contribution in [0.4, 0.5) is 0 Å². The molecule has 2 N–H and O–H groups in total. The highest BCUT2D eigenvalue weighted by Gasteiger charge is 1.78. The Labute approximate surface area is 78.1 Å². The molecular weight excluding hydrogens is 176 g/mol. The maximum absolute atomic E-state index is 8.22. The Balaban J connectivity index is 0. The molecule has 0 fully saturated rings. The van der Waals surface area contributed by atoms with E-state index in [0.717, 1.165) is 0 Å². The SMILES string of the molecule is CC(O)C#CO.CCOOOCC. The van der Waals surface area contributed by atoms with E-state index in [2.05, 4.69) is 20.7 Å². The molecule has 78 valence electrons. The number of hydrogen-bond donors (Lipinski definition) is 2. The van der Waals surface area contributed by atoms with Gasteiger partial charge in [-0.1, -0.05) is 5.04 Å². The molecule has 1 atom stereocenters. The average molecular weight is 192 g/mol. The molecule has 1 unspecified atom stereocenters. The third-order valence-corrected chi connectivity index (χ3v) is 0.605. The summed E-state index contributed by atoms with van der Waals surface area (Å²) in [5.41, 5.74) is 0. The van der Waals surface area contributed by atoms with Crippen LogP contribution in [0.5, 0.6) is 0 Å². The lowest BCUT2D eigenvalue weighted by atomic mass is 10.4. The quantitative estimate of drug-likeness (QED) is 0.295. The van der Waals surface area contributed by atoms with Gasteiger partial charge in [0.1, 0.15) is 12.2 Å². The summed E-state index contributed by atoms with van der Waals surface area (Å²) < 4.78 is 0. The molecule has 0 aromatic heterocycles. The van der Waals surface area contributed by atoms with E-state index in [9.17, 15) is 0 Å². The second kappa shape index (κ2) is 13.8. The minimum absolute atomic E-state index is 0.514. The molecular formula is C8H16O5. The lowest BCUT2D eigenvalue weighted by molar-refractivity contribution is -0.509. The average Bonchev–Trinajstić information content (AvgIpc) is 2.06. The van der Waals surface area contributed by atoms with E-state index in [1.54, 1.807) is 6.11 Å². The van der Waals surface area contributed by atoms with Gasteiger partial charge in [-0.25, -0.2) is 9.78 Å². The molecule has 5 heteroatoms. The van der Waals surface area contributed by atoms with E-state index >= 15 is 0 Å². The summed E-state index contributed by atoms with van der Waals surface area (Å²) in [6.07, 6.45) is 0.854. The van der Waals surface area contributed by atoms with Crippen LogP contribution in [0.3, 0.4) is 0 Å². The van der Waals surface area contributed by atoms with Gasteiger partial charge in [-0.05, 0) is 26.7 Å². The highest BCUT2D eigenvalue weighted by Crippen LogP contribution is 1.77. The summed E-state index contributed by atoms with van der Waals surface area (Å²) in [6.45, 7) is 6.14. The molecule has 0 heterocycles. The number of hydrogen-bond acceptors (Lipinski definition) is 5. The minimum atomic E-state index is -0.713. The largest absolute Gasteiger partial charge is 0.462 e. The molecule has 0 saturated carbocycles. The molecule has 0 aliphatic heterocycles. The van der Waals surface area contributed by atoms with Crippen LogP contribution in [0.2, 0.25) is 0 Å². The van der Waals surface area contributed by atoms with E-state index in [0.29, 0.717) is 13.2 Å². The molecule has 0 radical (unpaired) electrons. The molecule has 13 heavy (non-hydrogen) atoms. The predicted octanol–water partition coefficient (Wildman–Crippen LogP) is 0.607. The summed E-state index contributed by atoms with van der Waals surface area (Å²) in [5.74, 6) is 2.07. The molecule has 0 aromatic rings. The number of aliphatic hydroxyl groups excluding tert-OH is 2. The fraction of sp³-hybridized carbons (Fsp3) is 0.750. The van der Waals surface area contributed by atoms with Crippen LogP contribution in [-0.2, 0) is 14.8 Å². The van der Waals surface area contributed by atoms with Crippen molar-refractivity contribution in [3.8, 4) is 12.0 Å². The highest BCUT2D eigenvalue weighted by molar-refractivity contribution is 4.94. The molecule has 0 spiro atoms. The smallest absolute Gasteiger partial charge is 0.115 e. The van der Waals surface area contributed by atoms with Crippen molar-refractivity contribution in [2.45, 2.75) is 26.9 Å². The third kappa shape index (κ3) is 24.7. The summed E-state index contributed by atoms with van der Waals surface area (Å²) >= 11 is 0. The van der Waals surface area contributed by atoms with Gasteiger partial charge in [-0.15, -0.1) is 0 Å². The number of aliphatic hydroxyl groups is 2. The van der Waals surface area contributed by atoms with Crippen molar-refractivity contribution in [2.75, 3.05) is 13.2 Å². The third-order valence-electron chi connectivity index (χ3n) is 0.605. The molecule has 0 rings (SSSR count). The van der Waals surface area contributed by atoms with Gasteiger partial charge < -0.3 is 10.2 Å². The normalized spacial score (nSPS) is 10.5. The molecule has 0 aliphatic carbocycles. The van der Waals surface area contributed by atoms with Gasteiger partial charge in [0.15, 0.2) is 0 Å². The maximum atomic E-state index is 8.22. The van der Waals surface area contributed by atoms with Gasteiger partial charge in [0.05, 0.1) is 13.2 Å². The van der Waals surface area contributed by atoms with Crippen molar-refractivity contribution >= 4 is 0 Å². The Morgan fingerprint density at radius 3 is 1.85 bits per heavy atom. The Morgan fingerprint density at radius 2 is 1.69 bits per heavy atom. The van der Waals surface area contributed by atoms with E-state index in [1.165, 1.54) is 6.92 Å². The second-order valence-electron chi connectivity index (χ2n) is 1.81. The summed E-state index contributed by atoms with van der Waals surface area (Å²) in [5, 5.41) is 20.1. The molecule has 5 nitrogen and oxygen atoms in total. The Kier molecular flexibility index (Phi) is 15.6. The van der Waals surface area contributed by atoms with Gasteiger partial charge in [0.25, 0.3) is 0 Å². The summed E-state index contributed by atoms with van der Waals surface area (Å²) in [4.78, 5) is 8.70. The maximum Gasteiger partial charge on any atom is 0.115 e. The lowest BCUT2D eigenvalue weighted by Gasteiger charge is -1.94. The van der Waals surface area contributed by atoms with Crippen LogP contribution in [-0.4, -0.2) is 29.5 Å². The van der Waals surface area contributed by atoms with Crippen LogP contribution in [0.25, 0.3) is 0 Å². The Bertz CT molecular complexity index is 131. The zero-order valence-corrected chi connectivity index (χ0v) is 8.11. The van der Waals surface area contributed by atoms with Crippen LogP contribution in [0, 0.1) is 12.0 Å². The topological polar surface area (TPSA) is 68.2 Å². The first-order chi connectivity index (χ1) is 6.18. The van der Waals surface area contributed by atoms with Gasteiger partial charge >= 0.3 is 0 Å². The fourth-order valence-electron chi connectivity index (χ4n) is 0.224. The Hall–Kier alpha value is -0.800. The minimum Gasteiger partial charge on any atom is -0.462 e. The fourth-order valence-corrected chi connectivity index (χ4v) is 0.224. The van der Waals surface area contributed by atoms with E-state index in [4.69, 9.17) is 10.2 Å². The first-order valence-corrected chi connectivity index (χ1v) is 3.92. The zero-order valence-electron chi connectivity index (χ0n) is 8.11. The monoisotopic (exact) mass is 192 g/mol. The molecule has 0 aliphatic rings. The molecule has 0 aromatic carbocycles. The first kappa shape index (κ1) is 14.7. The van der Waals surface area contributed by atoms with Crippen LogP contribution in [0.15, 0.2) is 0 Å². The van der Waals surface area contributed by atoms with E-state index < -0.39 is 6.10 Å². The zero-order chi connectivity index (χ0) is 10.5. The standard InChI is InChI=1S/C4H10O3.C4H6O2/c1-3-5-7-6-4-2;1-4(6)2-3-5/h3-4H2,1-2H3;4-6H,1H3. The molecule has 0 bridgehead atoms. The lowest BCUT2D eigenvalue weighted by Crippen LogP contribution is -1.94. The van der Waals surface area contributed by atoms with E-state index in [1.807, 2.05) is 13.8 Å². The number of rotatable bonds is 4. The highest BCUT2D eigenvalue weighted by atomic mass is 17.5. The summed E-state index contributed by atoms with van der Waals surface area (Å²) in [7, 11) is 0. The van der Waals surface area contributed by atoms with Crippen molar-refractivity contribution in [1.82, 2.24) is 0 Å². The van der Waals surface area contributed by atoms with Crippen LogP contribution in [0.1, 0.15) is 20.8 Å². The molecule has 0 saturated heterocycles. The summed E-state index contributed by atoms with van der Waals surface area (Å²) in [6, 6.07) is 0.